The number of rotatable bonds is 3. The first-order chi connectivity index (χ1) is 13.2. The van der Waals surface area contributed by atoms with Gasteiger partial charge in [-0.2, -0.15) is 0 Å². The first-order valence-corrected chi connectivity index (χ1v) is 9.90. The SMILES string of the molecule is Cc1[nH]c2ccccc2c1-c1csc(NC(=O)c2noc3c2CCCC3)n1. The molecule has 5 rings (SSSR count). The van der Waals surface area contributed by atoms with Crippen LogP contribution in [0.25, 0.3) is 22.2 Å². The lowest BCUT2D eigenvalue weighted by Gasteiger charge is -2.08. The number of aromatic amines is 1. The molecule has 7 heteroatoms. The van der Waals surface area contributed by atoms with Crippen LogP contribution in [0.2, 0.25) is 0 Å². The lowest BCUT2D eigenvalue weighted by atomic mass is 9.96. The summed E-state index contributed by atoms with van der Waals surface area (Å²) in [4.78, 5) is 20.7. The Labute approximate surface area is 159 Å². The van der Waals surface area contributed by atoms with Gasteiger partial charge in [-0.1, -0.05) is 23.4 Å². The standard InChI is InChI=1S/C20H18N4O2S/c1-11-17(12-6-2-4-8-14(12)21-11)15-10-27-20(22-15)23-19(25)18-13-7-3-5-9-16(13)26-24-18/h2,4,6,8,10,21H,3,5,7,9H2,1H3,(H,22,23,25). The zero-order chi connectivity index (χ0) is 18.4. The molecular weight excluding hydrogens is 360 g/mol. The molecule has 0 atom stereocenters. The fraction of sp³-hybridized carbons (Fsp3) is 0.250. The Hall–Kier alpha value is -2.93. The third-order valence-corrected chi connectivity index (χ3v) is 5.80. The molecule has 1 aromatic carbocycles. The number of para-hydroxylation sites is 1. The van der Waals surface area contributed by atoms with Gasteiger partial charge in [0.1, 0.15) is 5.76 Å². The van der Waals surface area contributed by atoms with E-state index in [1.807, 2.05) is 24.4 Å². The van der Waals surface area contributed by atoms with Crippen LogP contribution >= 0.6 is 11.3 Å². The Morgan fingerprint density at radius 2 is 2.11 bits per heavy atom. The van der Waals surface area contributed by atoms with Crippen LogP contribution in [0.1, 0.15) is 40.3 Å². The van der Waals surface area contributed by atoms with Gasteiger partial charge in [0.2, 0.25) is 0 Å². The average molecular weight is 378 g/mol. The van der Waals surface area contributed by atoms with E-state index in [1.165, 1.54) is 11.3 Å². The van der Waals surface area contributed by atoms with Crippen molar-refractivity contribution in [3.8, 4) is 11.3 Å². The molecule has 136 valence electrons. The van der Waals surface area contributed by atoms with Gasteiger partial charge >= 0.3 is 0 Å². The minimum absolute atomic E-state index is 0.251. The van der Waals surface area contributed by atoms with Crippen molar-refractivity contribution < 1.29 is 9.32 Å². The van der Waals surface area contributed by atoms with E-state index in [2.05, 4.69) is 32.6 Å². The second-order valence-corrected chi connectivity index (χ2v) is 7.66. The summed E-state index contributed by atoms with van der Waals surface area (Å²) in [6, 6.07) is 8.15. The van der Waals surface area contributed by atoms with Gasteiger partial charge in [-0.05, 0) is 32.3 Å². The molecule has 0 saturated heterocycles. The molecule has 2 N–H and O–H groups in total. The molecule has 3 aromatic heterocycles. The van der Waals surface area contributed by atoms with Crippen molar-refractivity contribution in [2.75, 3.05) is 5.32 Å². The quantitative estimate of drug-likeness (QED) is 0.540. The number of nitrogens with one attached hydrogen (secondary N) is 2. The summed E-state index contributed by atoms with van der Waals surface area (Å²) in [5.74, 6) is 0.596. The van der Waals surface area contributed by atoms with E-state index in [9.17, 15) is 4.79 Å². The third-order valence-electron chi connectivity index (χ3n) is 5.04. The van der Waals surface area contributed by atoms with Gasteiger partial charge in [0, 0.05) is 39.5 Å². The zero-order valence-corrected chi connectivity index (χ0v) is 15.7. The van der Waals surface area contributed by atoms with Crippen LogP contribution < -0.4 is 5.32 Å². The van der Waals surface area contributed by atoms with E-state index in [1.54, 1.807) is 0 Å². The highest BCUT2D eigenvalue weighted by atomic mass is 32.1. The molecule has 0 aliphatic heterocycles. The van der Waals surface area contributed by atoms with Crippen LogP contribution in [0.15, 0.2) is 34.2 Å². The third kappa shape index (κ3) is 2.75. The summed E-state index contributed by atoms with van der Waals surface area (Å²) in [6.45, 7) is 2.04. The summed E-state index contributed by atoms with van der Waals surface area (Å²) in [5.41, 5.74) is 5.41. The van der Waals surface area contributed by atoms with Gasteiger partial charge in [-0.3, -0.25) is 10.1 Å². The zero-order valence-electron chi connectivity index (χ0n) is 14.8. The van der Waals surface area contributed by atoms with Crippen molar-refractivity contribution in [3.05, 3.63) is 52.4 Å². The largest absolute Gasteiger partial charge is 0.360 e. The smallest absolute Gasteiger partial charge is 0.279 e. The Kier molecular flexibility index (Phi) is 3.82. The van der Waals surface area contributed by atoms with Crippen LogP contribution in [0.3, 0.4) is 0 Å². The van der Waals surface area contributed by atoms with E-state index < -0.39 is 0 Å². The monoisotopic (exact) mass is 378 g/mol. The van der Waals surface area contributed by atoms with Gasteiger partial charge in [0.05, 0.1) is 5.69 Å². The Morgan fingerprint density at radius 1 is 1.26 bits per heavy atom. The second-order valence-electron chi connectivity index (χ2n) is 6.80. The number of nitrogens with zero attached hydrogens (tertiary/aromatic N) is 2. The highest BCUT2D eigenvalue weighted by Gasteiger charge is 2.24. The fourth-order valence-corrected chi connectivity index (χ4v) is 4.47. The van der Waals surface area contributed by atoms with E-state index in [4.69, 9.17) is 4.52 Å². The molecule has 3 heterocycles. The number of benzene rings is 1. The number of aromatic nitrogens is 3. The number of hydrogen-bond donors (Lipinski definition) is 2. The van der Waals surface area contributed by atoms with E-state index >= 15 is 0 Å². The molecule has 0 unspecified atom stereocenters. The van der Waals surface area contributed by atoms with E-state index in [0.717, 1.165) is 64.9 Å². The van der Waals surface area contributed by atoms with E-state index in [0.29, 0.717) is 10.8 Å². The molecule has 0 spiro atoms. The molecule has 0 radical (unpaired) electrons. The number of hydrogen-bond acceptors (Lipinski definition) is 5. The summed E-state index contributed by atoms with van der Waals surface area (Å²) in [7, 11) is 0. The Bertz CT molecular complexity index is 1150. The molecule has 4 aromatic rings. The molecule has 6 nitrogen and oxygen atoms in total. The van der Waals surface area contributed by atoms with Gasteiger partial charge in [-0.25, -0.2) is 4.98 Å². The summed E-state index contributed by atoms with van der Waals surface area (Å²) in [5, 5.41) is 10.5. The molecule has 1 aliphatic carbocycles. The van der Waals surface area contributed by atoms with Crippen molar-refractivity contribution >= 4 is 33.3 Å². The minimum atomic E-state index is -0.251. The molecule has 0 saturated carbocycles. The number of aryl methyl sites for hydroxylation is 2. The predicted octanol–water partition coefficient (Wildman–Crippen LogP) is 4.72. The molecular formula is C20H18N4O2S. The fourth-order valence-electron chi connectivity index (χ4n) is 3.77. The Morgan fingerprint density at radius 3 is 3.04 bits per heavy atom. The first kappa shape index (κ1) is 16.3. The molecule has 27 heavy (non-hydrogen) atoms. The number of fused-ring (bicyclic) bond motifs is 2. The maximum atomic E-state index is 12.6. The molecule has 1 aliphatic rings. The van der Waals surface area contributed by atoms with Crippen LogP contribution in [-0.2, 0) is 12.8 Å². The van der Waals surface area contributed by atoms with Crippen molar-refractivity contribution in [3.63, 3.8) is 0 Å². The van der Waals surface area contributed by atoms with Crippen molar-refractivity contribution in [1.82, 2.24) is 15.1 Å². The summed E-state index contributed by atoms with van der Waals surface area (Å²) >= 11 is 1.41. The minimum Gasteiger partial charge on any atom is -0.360 e. The molecule has 1 amide bonds. The number of amides is 1. The highest BCUT2D eigenvalue weighted by molar-refractivity contribution is 7.14. The lowest BCUT2D eigenvalue weighted by molar-refractivity contribution is 0.101. The number of anilines is 1. The normalized spacial score (nSPS) is 13.7. The number of carbonyl (C=O) groups excluding carboxylic acids is 1. The maximum absolute atomic E-state index is 12.6. The number of carbonyl (C=O) groups is 1. The van der Waals surface area contributed by atoms with Crippen molar-refractivity contribution in [2.45, 2.75) is 32.6 Å². The van der Waals surface area contributed by atoms with Gasteiger partial charge in [-0.15, -0.1) is 11.3 Å². The predicted molar refractivity (Wildman–Crippen MR) is 105 cm³/mol. The maximum Gasteiger partial charge on any atom is 0.279 e. The first-order valence-electron chi connectivity index (χ1n) is 9.02. The number of thiazole rings is 1. The van der Waals surface area contributed by atoms with E-state index in [-0.39, 0.29) is 5.91 Å². The number of H-pyrrole nitrogens is 1. The summed E-state index contributed by atoms with van der Waals surface area (Å²) < 4.78 is 5.34. The van der Waals surface area contributed by atoms with Gasteiger partial charge < -0.3 is 9.51 Å². The van der Waals surface area contributed by atoms with Crippen molar-refractivity contribution in [2.24, 2.45) is 0 Å². The summed E-state index contributed by atoms with van der Waals surface area (Å²) in [6.07, 6.45) is 3.86. The van der Waals surface area contributed by atoms with Crippen LogP contribution in [0.5, 0.6) is 0 Å². The van der Waals surface area contributed by atoms with Gasteiger partial charge in [0.25, 0.3) is 5.91 Å². The van der Waals surface area contributed by atoms with Crippen LogP contribution in [0, 0.1) is 6.92 Å². The Balaban J connectivity index is 1.43. The second kappa shape index (κ2) is 6.35. The van der Waals surface area contributed by atoms with Crippen LogP contribution in [-0.4, -0.2) is 21.0 Å². The van der Waals surface area contributed by atoms with Gasteiger partial charge in [0.15, 0.2) is 10.8 Å². The topological polar surface area (TPSA) is 83.8 Å². The average Bonchev–Trinajstić information content (AvgIpc) is 3.37. The van der Waals surface area contributed by atoms with Crippen LogP contribution in [0.4, 0.5) is 5.13 Å². The highest BCUT2D eigenvalue weighted by Crippen LogP contribution is 2.34. The molecule has 0 bridgehead atoms. The molecule has 0 fully saturated rings. The lowest BCUT2D eigenvalue weighted by Crippen LogP contribution is -2.15. The van der Waals surface area contributed by atoms with Crippen molar-refractivity contribution in [1.29, 1.82) is 0 Å².